The van der Waals surface area contributed by atoms with E-state index < -0.39 is 0 Å². The summed E-state index contributed by atoms with van der Waals surface area (Å²) in [6.07, 6.45) is 4.33. The molecule has 0 radical (unpaired) electrons. The van der Waals surface area contributed by atoms with Crippen LogP contribution in [0.3, 0.4) is 0 Å². The van der Waals surface area contributed by atoms with E-state index in [4.69, 9.17) is 4.74 Å². The van der Waals surface area contributed by atoms with Crippen LogP contribution in [0.15, 0.2) is 0 Å². The first-order chi connectivity index (χ1) is 5.75. The van der Waals surface area contributed by atoms with Crippen LogP contribution in [0.1, 0.15) is 32.6 Å². The summed E-state index contributed by atoms with van der Waals surface area (Å²) in [5.41, 5.74) is 0. The molecule has 0 heterocycles. The van der Waals surface area contributed by atoms with E-state index in [0.717, 1.165) is 18.6 Å². The number of carbonyl (C=O) groups excluding carboxylic acids is 1. The summed E-state index contributed by atoms with van der Waals surface area (Å²) >= 11 is 1.74. The van der Waals surface area contributed by atoms with Crippen molar-refractivity contribution in [3.05, 3.63) is 0 Å². The van der Waals surface area contributed by atoms with Gasteiger partial charge in [0.1, 0.15) is 4.75 Å². The molecule has 1 aliphatic carbocycles. The summed E-state index contributed by atoms with van der Waals surface area (Å²) in [7, 11) is 1.48. The highest BCUT2D eigenvalue weighted by molar-refractivity contribution is 8.01. The van der Waals surface area contributed by atoms with Crippen molar-refractivity contribution in [3.63, 3.8) is 0 Å². The number of thioether (sulfide) groups is 1. The van der Waals surface area contributed by atoms with Crippen LogP contribution in [0.2, 0.25) is 0 Å². The zero-order valence-corrected chi connectivity index (χ0v) is 8.58. The SMILES string of the molecule is CCSC1(C(=O)OC)CCCC1. The normalized spacial score (nSPS) is 20.8. The first kappa shape index (κ1) is 9.90. The minimum absolute atomic E-state index is 0.0214. The summed E-state index contributed by atoms with van der Waals surface area (Å²) in [6.45, 7) is 2.09. The predicted octanol–water partition coefficient (Wildman–Crippen LogP) is 2.23. The van der Waals surface area contributed by atoms with Crippen LogP contribution in [0.5, 0.6) is 0 Å². The fourth-order valence-electron chi connectivity index (χ4n) is 1.82. The van der Waals surface area contributed by atoms with E-state index in [9.17, 15) is 4.79 Å². The third-order valence-electron chi connectivity index (χ3n) is 2.39. The molecular formula is C9H16O2S. The molecule has 0 spiro atoms. The number of ether oxygens (including phenoxy) is 1. The quantitative estimate of drug-likeness (QED) is 0.635. The van der Waals surface area contributed by atoms with Crippen molar-refractivity contribution in [1.82, 2.24) is 0 Å². The van der Waals surface area contributed by atoms with Gasteiger partial charge in [-0.25, -0.2) is 0 Å². The first-order valence-electron chi connectivity index (χ1n) is 4.47. The fraction of sp³-hybridized carbons (Fsp3) is 0.889. The molecule has 1 saturated carbocycles. The van der Waals surface area contributed by atoms with Gasteiger partial charge >= 0.3 is 5.97 Å². The monoisotopic (exact) mass is 188 g/mol. The lowest BCUT2D eigenvalue weighted by Gasteiger charge is -2.24. The molecule has 0 unspecified atom stereocenters. The molecule has 0 saturated heterocycles. The second-order valence-electron chi connectivity index (χ2n) is 3.13. The second kappa shape index (κ2) is 4.17. The second-order valence-corrected chi connectivity index (χ2v) is 4.77. The number of hydrogen-bond donors (Lipinski definition) is 0. The van der Waals surface area contributed by atoms with Crippen LogP contribution in [-0.2, 0) is 9.53 Å². The maximum Gasteiger partial charge on any atom is 0.321 e. The molecule has 1 rings (SSSR count). The molecule has 0 bridgehead atoms. The van der Waals surface area contributed by atoms with Gasteiger partial charge in [-0.15, -0.1) is 11.8 Å². The molecule has 0 atom stereocenters. The molecule has 70 valence electrons. The average Bonchev–Trinajstić information content (AvgIpc) is 2.53. The van der Waals surface area contributed by atoms with E-state index in [1.54, 1.807) is 11.8 Å². The average molecular weight is 188 g/mol. The third kappa shape index (κ3) is 1.76. The Bertz CT molecular complexity index is 162. The maximum atomic E-state index is 11.5. The Balaban J connectivity index is 2.64. The van der Waals surface area contributed by atoms with Crippen molar-refractivity contribution in [2.45, 2.75) is 37.4 Å². The highest BCUT2D eigenvalue weighted by atomic mass is 32.2. The number of methoxy groups -OCH3 is 1. The van der Waals surface area contributed by atoms with Gasteiger partial charge in [-0.2, -0.15) is 0 Å². The van der Waals surface area contributed by atoms with Gasteiger partial charge in [-0.3, -0.25) is 4.79 Å². The molecule has 0 aromatic carbocycles. The molecule has 0 N–H and O–H groups in total. The van der Waals surface area contributed by atoms with Gasteiger partial charge in [0.15, 0.2) is 0 Å². The van der Waals surface area contributed by atoms with Gasteiger partial charge in [0, 0.05) is 0 Å². The van der Waals surface area contributed by atoms with Crippen LogP contribution >= 0.6 is 11.8 Å². The molecule has 0 aromatic rings. The van der Waals surface area contributed by atoms with Gasteiger partial charge in [0.2, 0.25) is 0 Å². The van der Waals surface area contributed by atoms with Crippen LogP contribution < -0.4 is 0 Å². The summed E-state index contributed by atoms with van der Waals surface area (Å²) in [4.78, 5) is 11.5. The Morgan fingerprint density at radius 3 is 2.50 bits per heavy atom. The van der Waals surface area contributed by atoms with E-state index in [1.165, 1.54) is 20.0 Å². The Labute approximate surface area is 78.1 Å². The number of hydrogen-bond acceptors (Lipinski definition) is 3. The zero-order valence-electron chi connectivity index (χ0n) is 7.76. The number of esters is 1. The molecule has 12 heavy (non-hydrogen) atoms. The zero-order chi connectivity index (χ0) is 9.03. The molecule has 2 nitrogen and oxygen atoms in total. The molecule has 0 aliphatic heterocycles. The van der Waals surface area contributed by atoms with Crippen LogP contribution in [0.25, 0.3) is 0 Å². The topological polar surface area (TPSA) is 26.3 Å². The fourth-order valence-corrected chi connectivity index (χ4v) is 3.15. The van der Waals surface area contributed by atoms with Crippen molar-refractivity contribution in [2.75, 3.05) is 12.9 Å². The Hall–Kier alpha value is -0.180. The lowest BCUT2D eigenvalue weighted by atomic mass is 10.1. The Kier molecular flexibility index (Phi) is 3.44. The first-order valence-corrected chi connectivity index (χ1v) is 5.46. The molecule has 0 aromatic heterocycles. The number of rotatable bonds is 3. The molecule has 3 heteroatoms. The van der Waals surface area contributed by atoms with Crippen LogP contribution in [-0.4, -0.2) is 23.6 Å². The van der Waals surface area contributed by atoms with Gasteiger partial charge < -0.3 is 4.74 Å². The van der Waals surface area contributed by atoms with Gasteiger partial charge in [0.25, 0.3) is 0 Å². The summed E-state index contributed by atoms with van der Waals surface area (Å²) in [5.74, 6) is 0.974. The molecular weight excluding hydrogens is 172 g/mol. The van der Waals surface area contributed by atoms with Crippen molar-refractivity contribution in [3.8, 4) is 0 Å². The highest BCUT2D eigenvalue weighted by Gasteiger charge is 2.42. The van der Waals surface area contributed by atoms with Crippen LogP contribution in [0, 0.1) is 0 Å². The van der Waals surface area contributed by atoms with Gasteiger partial charge in [0.05, 0.1) is 7.11 Å². The summed E-state index contributed by atoms with van der Waals surface area (Å²) in [5, 5.41) is 0. The Morgan fingerprint density at radius 1 is 1.50 bits per heavy atom. The van der Waals surface area contributed by atoms with E-state index in [-0.39, 0.29) is 10.7 Å². The maximum absolute atomic E-state index is 11.5. The minimum atomic E-state index is -0.191. The Morgan fingerprint density at radius 2 is 2.08 bits per heavy atom. The van der Waals surface area contributed by atoms with Crippen molar-refractivity contribution in [1.29, 1.82) is 0 Å². The molecule has 1 fully saturated rings. The van der Waals surface area contributed by atoms with Crippen molar-refractivity contribution >= 4 is 17.7 Å². The standard InChI is InChI=1S/C9H16O2S/c1-3-12-9(8(10)11-2)6-4-5-7-9/h3-7H2,1-2H3. The smallest absolute Gasteiger partial charge is 0.321 e. The minimum Gasteiger partial charge on any atom is -0.468 e. The highest BCUT2D eigenvalue weighted by Crippen LogP contribution is 2.42. The van der Waals surface area contributed by atoms with E-state index >= 15 is 0 Å². The van der Waals surface area contributed by atoms with E-state index in [0.29, 0.717) is 0 Å². The lowest BCUT2D eigenvalue weighted by Crippen LogP contribution is -2.33. The van der Waals surface area contributed by atoms with Crippen LogP contribution in [0.4, 0.5) is 0 Å². The van der Waals surface area contributed by atoms with Crippen molar-refractivity contribution < 1.29 is 9.53 Å². The largest absolute Gasteiger partial charge is 0.468 e. The lowest BCUT2D eigenvalue weighted by molar-refractivity contribution is -0.143. The molecule has 1 aliphatic rings. The number of carbonyl (C=O) groups is 1. The molecule has 0 amide bonds. The van der Waals surface area contributed by atoms with E-state index in [1.807, 2.05) is 0 Å². The van der Waals surface area contributed by atoms with E-state index in [2.05, 4.69) is 6.92 Å². The van der Waals surface area contributed by atoms with Gasteiger partial charge in [-0.1, -0.05) is 19.8 Å². The van der Waals surface area contributed by atoms with Crippen molar-refractivity contribution in [2.24, 2.45) is 0 Å². The summed E-state index contributed by atoms with van der Waals surface area (Å²) in [6, 6.07) is 0. The predicted molar refractivity (Wildman–Crippen MR) is 51.3 cm³/mol. The summed E-state index contributed by atoms with van der Waals surface area (Å²) < 4.78 is 4.64. The van der Waals surface area contributed by atoms with Gasteiger partial charge in [-0.05, 0) is 18.6 Å². The third-order valence-corrected chi connectivity index (χ3v) is 3.81.